The maximum atomic E-state index is 13.0. The second kappa shape index (κ2) is 9.36. The molecule has 0 unspecified atom stereocenters. The molecule has 0 radical (unpaired) electrons. The summed E-state index contributed by atoms with van der Waals surface area (Å²) in [6, 6.07) is 11.8. The third-order valence-corrected chi connectivity index (χ3v) is 3.62. The Kier molecular flexibility index (Phi) is 6.92. The third kappa shape index (κ3) is 5.83. The van der Waals surface area contributed by atoms with Gasteiger partial charge < -0.3 is 14.8 Å². The lowest BCUT2D eigenvalue weighted by atomic mass is 10.1. The van der Waals surface area contributed by atoms with Gasteiger partial charge in [-0.15, -0.1) is 0 Å². The molecule has 2 aromatic carbocycles. The zero-order valence-corrected chi connectivity index (χ0v) is 14.9. The lowest BCUT2D eigenvalue weighted by Gasteiger charge is -2.08. The standard InChI is InChI=1S/C19H14ClFN2O4/c1-26-15-5-2-12(3-6-15)8-13(10-22)19(25)27-11-18(24)23-17-7-4-14(21)9-16(17)20/h2-9H,11H2,1H3,(H,23,24). The predicted molar refractivity (Wildman–Crippen MR) is 97.6 cm³/mol. The van der Waals surface area contributed by atoms with Crippen molar-refractivity contribution in [2.45, 2.75) is 0 Å². The molecule has 2 rings (SSSR count). The van der Waals surface area contributed by atoms with Crippen LogP contribution in [0.4, 0.5) is 10.1 Å². The molecular formula is C19H14ClFN2O4. The number of amides is 1. The number of methoxy groups -OCH3 is 1. The Morgan fingerprint density at radius 1 is 1.26 bits per heavy atom. The quantitative estimate of drug-likeness (QED) is 0.464. The van der Waals surface area contributed by atoms with E-state index in [9.17, 15) is 14.0 Å². The van der Waals surface area contributed by atoms with E-state index in [1.54, 1.807) is 30.3 Å². The van der Waals surface area contributed by atoms with Gasteiger partial charge in [0, 0.05) is 0 Å². The number of anilines is 1. The number of hydrogen-bond acceptors (Lipinski definition) is 5. The molecule has 0 bridgehead atoms. The van der Waals surface area contributed by atoms with Crippen LogP contribution >= 0.6 is 11.6 Å². The van der Waals surface area contributed by atoms with Crippen LogP contribution in [0.5, 0.6) is 5.75 Å². The average molecular weight is 389 g/mol. The summed E-state index contributed by atoms with van der Waals surface area (Å²) >= 11 is 5.80. The predicted octanol–water partition coefficient (Wildman–Crippen LogP) is 3.58. The fourth-order valence-electron chi connectivity index (χ4n) is 1.99. The average Bonchev–Trinajstić information content (AvgIpc) is 2.67. The normalized spacial score (nSPS) is 10.7. The summed E-state index contributed by atoms with van der Waals surface area (Å²) < 4.78 is 22.8. The molecule has 1 amide bonds. The number of nitriles is 1. The van der Waals surface area contributed by atoms with Crippen molar-refractivity contribution in [2.24, 2.45) is 0 Å². The van der Waals surface area contributed by atoms with E-state index in [4.69, 9.17) is 26.3 Å². The van der Waals surface area contributed by atoms with Crippen LogP contribution in [0, 0.1) is 17.1 Å². The van der Waals surface area contributed by atoms with Crippen LogP contribution in [0.1, 0.15) is 5.56 Å². The highest BCUT2D eigenvalue weighted by Crippen LogP contribution is 2.22. The van der Waals surface area contributed by atoms with Crippen molar-refractivity contribution in [1.82, 2.24) is 0 Å². The van der Waals surface area contributed by atoms with Crippen molar-refractivity contribution in [3.8, 4) is 11.8 Å². The lowest BCUT2D eigenvalue weighted by molar-refractivity contribution is -0.142. The van der Waals surface area contributed by atoms with E-state index in [0.29, 0.717) is 11.3 Å². The van der Waals surface area contributed by atoms with Crippen molar-refractivity contribution >= 4 is 35.2 Å². The largest absolute Gasteiger partial charge is 0.497 e. The molecule has 8 heteroatoms. The summed E-state index contributed by atoms with van der Waals surface area (Å²) in [4.78, 5) is 23.8. The van der Waals surface area contributed by atoms with E-state index in [0.717, 1.165) is 12.1 Å². The van der Waals surface area contributed by atoms with E-state index < -0.39 is 24.3 Å². The Morgan fingerprint density at radius 2 is 1.96 bits per heavy atom. The van der Waals surface area contributed by atoms with Gasteiger partial charge in [-0.3, -0.25) is 4.79 Å². The summed E-state index contributed by atoms with van der Waals surface area (Å²) in [6.45, 7) is -0.631. The van der Waals surface area contributed by atoms with Gasteiger partial charge in [-0.1, -0.05) is 23.7 Å². The number of hydrogen-bond donors (Lipinski definition) is 1. The van der Waals surface area contributed by atoms with Crippen LogP contribution in [0.15, 0.2) is 48.0 Å². The summed E-state index contributed by atoms with van der Waals surface area (Å²) in [5.74, 6) is -1.55. The maximum Gasteiger partial charge on any atom is 0.349 e. The van der Waals surface area contributed by atoms with Gasteiger partial charge >= 0.3 is 5.97 Å². The number of rotatable bonds is 6. The molecule has 0 aliphatic rings. The van der Waals surface area contributed by atoms with Crippen LogP contribution in [0.2, 0.25) is 5.02 Å². The van der Waals surface area contributed by atoms with Crippen LogP contribution in [0.25, 0.3) is 6.08 Å². The van der Waals surface area contributed by atoms with Crippen molar-refractivity contribution in [3.05, 3.63) is 64.4 Å². The topological polar surface area (TPSA) is 88.4 Å². The third-order valence-electron chi connectivity index (χ3n) is 3.31. The Balaban J connectivity index is 1.96. The molecule has 6 nitrogen and oxygen atoms in total. The molecule has 0 saturated carbocycles. The van der Waals surface area contributed by atoms with E-state index in [1.807, 2.05) is 0 Å². The Labute approximate surface area is 159 Å². The first-order valence-electron chi connectivity index (χ1n) is 7.61. The van der Waals surface area contributed by atoms with Gasteiger partial charge in [0.2, 0.25) is 0 Å². The number of ether oxygens (including phenoxy) is 2. The molecular weight excluding hydrogens is 375 g/mol. The minimum Gasteiger partial charge on any atom is -0.497 e. The summed E-state index contributed by atoms with van der Waals surface area (Å²) in [6.07, 6.45) is 1.33. The summed E-state index contributed by atoms with van der Waals surface area (Å²) in [7, 11) is 1.52. The first kappa shape index (κ1) is 19.9. The number of halogens is 2. The molecule has 27 heavy (non-hydrogen) atoms. The number of carbonyl (C=O) groups excluding carboxylic acids is 2. The molecule has 1 N–H and O–H groups in total. The van der Waals surface area contributed by atoms with E-state index >= 15 is 0 Å². The first-order valence-corrected chi connectivity index (χ1v) is 7.98. The Morgan fingerprint density at radius 3 is 2.56 bits per heavy atom. The molecule has 0 fully saturated rings. The van der Waals surface area contributed by atoms with Crippen LogP contribution in [-0.4, -0.2) is 25.6 Å². The summed E-state index contributed by atoms with van der Waals surface area (Å²) in [5, 5.41) is 11.5. The molecule has 0 aliphatic carbocycles. The summed E-state index contributed by atoms with van der Waals surface area (Å²) in [5.41, 5.74) is 0.494. The second-order valence-electron chi connectivity index (χ2n) is 5.19. The van der Waals surface area contributed by atoms with Crippen LogP contribution in [0.3, 0.4) is 0 Å². The monoisotopic (exact) mass is 388 g/mol. The zero-order chi connectivity index (χ0) is 19.8. The van der Waals surface area contributed by atoms with Crippen molar-refractivity contribution in [2.75, 3.05) is 19.0 Å². The zero-order valence-electron chi connectivity index (χ0n) is 14.2. The number of esters is 1. The van der Waals surface area contributed by atoms with Gasteiger partial charge in [0.15, 0.2) is 6.61 Å². The first-order chi connectivity index (χ1) is 12.9. The van der Waals surface area contributed by atoms with Crippen LogP contribution < -0.4 is 10.1 Å². The smallest absolute Gasteiger partial charge is 0.349 e. The van der Waals surface area contributed by atoms with Gasteiger partial charge in [0.25, 0.3) is 5.91 Å². The highest BCUT2D eigenvalue weighted by Gasteiger charge is 2.14. The molecule has 0 heterocycles. The van der Waals surface area contributed by atoms with Crippen molar-refractivity contribution < 1.29 is 23.5 Å². The second-order valence-corrected chi connectivity index (χ2v) is 5.60. The number of carbonyl (C=O) groups is 2. The minimum atomic E-state index is -0.950. The lowest BCUT2D eigenvalue weighted by Crippen LogP contribution is -2.21. The SMILES string of the molecule is COc1ccc(C=C(C#N)C(=O)OCC(=O)Nc2ccc(F)cc2Cl)cc1. The minimum absolute atomic E-state index is 0.00629. The highest BCUT2D eigenvalue weighted by molar-refractivity contribution is 6.33. The Bertz CT molecular complexity index is 920. The molecule has 0 spiro atoms. The van der Waals surface area contributed by atoms with E-state index in [1.165, 1.54) is 19.3 Å². The molecule has 0 saturated heterocycles. The van der Waals surface area contributed by atoms with E-state index in [-0.39, 0.29) is 16.3 Å². The number of benzene rings is 2. The van der Waals surface area contributed by atoms with Gasteiger partial charge in [-0.2, -0.15) is 5.26 Å². The molecule has 138 valence electrons. The Hall–Kier alpha value is -3.37. The fraction of sp³-hybridized carbons (Fsp3) is 0.105. The molecule has 0 aliphatic heterocycles. The maximum absolute atomic E-state index is 13.0. The number of nitrogens with one attached hydrogen (secondary N) is 1. The van der Waals surface area contributed by atoms with Gasteiger partial charge in [-0.05, 0) is 42.0 Å². The molecule has 0 aromatic heterocycles. The van der Waals surface area contributed by atoms with Crippen molar-refractivity contribution in [3.63, 3.8) is 0 Å². The molecule has 2 aromatic rings. The molecule has 0 atom stereocenters. The number of nitrogens with zero attached hydrogens (tertiary/aromatic N) is 1. The van der Waals surface area contributed by atoms with Crippen molar-refractivity contribution in [1.29, 1.82) is 5.26 Å². The van der Waals surface area contributed by atoms with Gasteiger partial charge in [0.05, 0.1) is 17.8 Å². The van der Waals surface area contributed by atoms with Crippen LogP contribution in [-0.2, 0) is 14.3 Å². The fourth-order valence-corrected chi connectivity index (χ4v) is 2.20. The van der Waals surface area contributed by atoms with E-state index in [2.05, 4.69) is 5.32 Å². The van der Waals surface area contributed by atoms with Gasteiger partial charge in [-0.25, -0.2) is 9.18 Å². The highest BCUT2D eigenvalue weighted by atomic mass is 35.5. The van der Waals surface area contributed by atoms with Gasteiger partial charge in [0.1, 0.15) is 23.2 Å².